The van der Waals surface area contributed by atoms with Crippen LogP contribution in [-0.2, 0) is 9.59 Å². The first kappa shape index (κ1) is 15.1. The van der Waals surface area contributed by atoms with E-state index in [1.807, 2.05) is 6.07 Å². The first-order valence-corrected chi connectivity index (χ1v) is 5.52. The van der Waals surface area contributed by atoms with Crippen molar-refractivity contribution in [2.45, 2.75) is 6.92 Å². The molecule has 0 saturated heterocycles. The molecule has 8 heteroatoms. The van der Waals surface area contributed by atoms with Gasteiger partial charge in [0.05, 0.1) is 11.3 Å². The minimum atomic E-state index is -1.27. The molecule has 1 aromatic rings. The van der Waals surface area contributed by atoms with Gasteiger partial charge in [-0.15, -0.1) is 0 Å². The molecule has 0 spiro atoms. The second kappa shape index (κ2) is 6.29. The number of carbonyl (C=O) groups excluding carboxylic acids is 2. The van der Waals surface area contributed by atoms with Crippen LogP contribution in [0, 0.1) is 18.3 Å². The number of hydrogen-bond acceptors (Lipinski definition) is 5. The van der Waals surface area contributed by atoms with Crippen LogP contribution in [-0.4, -0.2) is 45.9 Å². The summed E-state index contributed by atoms with van der Waals surface area (Å²) in [5.74, 6) is -2.84. The highest BCUT2D eigenvalue weighted by molar-refractivity contribution is 5.96. The number of aliphatic carboxylic acids is 1. The molecule has 0 atom stereocenters. The number of nitrogens with two attached hydrogens (primary N) is 1. The number of pyridine rings is 1. The van der Waals surface area contributed by atoms with Crippen LogP contribution in [0.25, 0.3) is 0 Å². The Morgan fingerprint density at radius 3 is 2.50 bits per heavy atom. The lowest BCUT2D eigenvalue weighted by Crippen LogP contribution is -2.41. The highest BCUT2D eigenvalue weighted by Gasteiger charge is 2.21. The Hall–Kier alpha value is -2.95. The Labute approximate surface area is 114 Å². The predicted molar refractivity (Wildman–Crippen MR) is 66.4 cm³/mol. The second-order valence-corrected chi connectivity index (χ2v) is 3.96. The van der Waals surface area contributed by atoms with Gasteiger partial charge < -0.3 is 15.7 Å². The van der Waals surface area contributed by atoms with Gasteiger partial charge in [0, 0.05) is 0 Å². The van der Waals surface area contributed by atoms with E-state index in [4.69, 9.17) is 16.1 Å². The van der Waals surface area contributed by atoms with Gasteiger partial charge in [-0.2, -0.15) is 5.26 Å². The zero-order chi connectivity index (χ0) is 15.3. The lowest BCUT2D eigenvalue weighted by Gasteiger charge is -2.18. The van der Waals surface area contributed by atoms with Crippen molar-refractivity contribution in [1.29, 1.82) is 5.26 Å². The fourth-order valence-corrected chi connectivity index (χ4v) is 1.51. The van der Waals surface area contributed by atoms with E-state index in [1.54, 1.807) is 6.92 Å². The molecule has 0 fully saturated rings. The Morgan fingerprint density at radius 2 is 2.05 bits per heavy atom. The molecule has 0 aromatic carbocycles. The van der Waals surface area contributed by atoms with Gasteiger partial charge in [-0.05, 0) is 19.1 Å². The largest absolute Gasteiger partial charge is 0.480 e. The van der Waals surface area contributed by atoms with Crippen LogP contribution in [0.4, 0.5) is 0 Å². The quantitative estimate of drug-likeness (QED) is 0.727. The van der Waals surface area contributed by atoms with Crippen molar-refractivity contribution in [3.63, 3.8) is 0 Å². The fourth-order valence-electron chi connectivity index (χ4n) is 1.51. The monoisotopic (exact) mass is 276 g/mol. The van der Waals surface area contributed by atoms with Crippen LogP contribution in [0.15, 0.2) is 12.1 Å². The maximum atomic E-state index is 12.1. The number of aryl methyl sites for hydroxylation is 1. The van der Waals surface area contributed by atoms with E-state index in [0.717, 1.165) is 4.90 Å². The Bertz CT molecular complexity index is 590. The van der Waals surface area contributed by atoms with Crippen LogP contribution in [0.1, 0.15) is 21.7 Å². The van der Waals surface area contributed by atoms with Gasteiger partial charge in [-0.1, -0.05) is 0 Å². The summed E-state index contributed by atoms with van der Waals surface area (Å²) in [6, 6.07) is 4.60. The van der Waals surface area contributed by atoms with E-state index in [2.05, 4.69) is 4.98 Å². The van der Waals surface area contributed by atoms with Gasteiger partial charge >= 0.3 is 5.97 Å². The lowest BCUT2D eigenvalue weighted by atomic mass is 10.2. The summed E-state index contributed by atoms with van der Waals surface area (Å²) in [6.45, 7) is 0.360. The molecule has 20 heavy (non-hydrogen) atoms. The molecule has 8 nitrogen and oxygen atoms in total. The Balaban J connectivity index is 3.05. The van der Waals surface area contributed by atoms with Crippen molar-refractivity contribution in [1.82, 2.24) is 9.88 Å². The second-order valence-electron chi connectivity index (χ2n) is 3.96. The molecule has 1 rings (SSSR count). The third-order valence-electron chi connectivity index (χ3n) is 2.39. The van der Waals surface area contributed by atoms with Gasteiger partial charge in [-0.25, -0.2) is 4.98 Å². The maximum Gasteiger partial charge on any atom is 0.323 e. The predicted octanol–water partition coefficient (Wildman–Crippen LogP) is -0.726. The van der Waals surface area contributed by atoms with Gasteiger partial charge in [0.1, 0.15) is 24.9 Å². The van der Waals surface area contributed by atoms with E-state index >= 15 is 0 Å². The summed E-state index contributed by atoms with van der Waals surface area (Å²) in [6.07, 6.45) is 0. The molecule has 0 saturated carbocycles. The van der Waals surface area contributed by atoms with Crippen LogP contribution >= 0.6 is 0 Å². The number of amides is 2. The fraction of sp³-hybridized carbons (Fsp3) is 0.250. The number of nitriles is 1. The molecular formula is C12H12N4O4. The van der Waals surface area contributed by atoms with Gasteiger partial charge in [0.25, 0.3) is 5.91 Å². The summed E-state index contributed by atoms with van der Waals surface area (Å²) < 4.78 is 0. The molecule has 1 heterocycles. The van der Waals surface area contributed by atoms with Crippen molar-refractivity contribution < 1.29 is 19.5 Å². The molecule has 0 bridgehead atoms. The van der Waals surface area contributed by atoms with Crippen LogP contribution in [0.2, 0.25) is 0 Å². The molecule has 0 aliphatic rings. The number of carboxylic acids is 1. The van der Waals surface area contributed by atoms with Crippen molar-refractivity contribution in [2.75, 3.05) is 13.1 Å². The van der Waals surface area contributed by atoms with Crippen molar-refractivity contribution in [2.24, 2.45) is 5.73 Å². The first-order chi connectivity index (χ1) is 9.35. The topological polar surface area (TPSA) is 137 Å². The van der Waals surface area contributed by atoms with Crippen LogP contribution < -0.4 is 5.73 Å². The highest BCUT2D eigenvalue weighted by atomic mass is 16.4. The number of primary amides is 1. The summed E-state index contributed by atoms with van der Waals surface area (Å²) in [5.41, 5.74) is 5.57. The van der Waals surface area contributed by atoms with Crippen molar-refractivity contribution in [3.05, 3.63) is 29.1 Å². The summed E-state index contributed by atoms with van der Waals surface area (Å²) >= 11 is 0. The van der Waals surface area contributed by atoms with E-state index in [1.165, 1.54) is 12.1 Å². The Kier molecular flexibility index (Phi) is 4.75. The van der Waals surface area contributed by atoms with Crippen LogP contribution in [0.3, 0.4) is 0 Å². The zero-order valence-electron chi connectivity index (χ0n) is 10.7. The highest BCUT2D eigenvalue weighted by Crippen LogP contribution is 2.08. The van der Waals surface area contributed by atoms with Gasteiger partial charge in [0.2, 0.25) is 5.91 Å². The van der Waals surface area contributed by atoms with Crippen molar-refractivity contribution in [3.8, 4) is 6.07 Å². The smallest absolute Gasteiger partial charge is 0.323 e. The average Bonchev–Trinajstić information content (AvgIpc) is 2.35. The molecule has 0 aliphatic heterocycles. The third kappa shape index (κ3) is 3.78. The molecule has 1 aromatic heterocycles. The molecule has 2 amide bonds. The number of aromatic nitrogens is 1. The van der Waals surface area contributed by atoms with E-state index < -0.39 is 30.9 Å². The molecule has 104 valence electrons. The third-order valence-corrected chi connectivity index (χ3v) is 2.39. The molecule has 3 N–H and O–H groups in total. The molecule has 0 radical (unpaired) electrons. The summed E-state index contributed by atoms with van der Waals surface area (Å²) in [7, 11) is 0. The Morgan fingerprint density at radius 1 is 1.40 bits per heavy atom. The minimum absolute atomic E-state index is 0.0519. The maximum absolute atomic E-state index is 12.1. The van der Waals surface area contributed by atoms with Gasteiger partial charge in [-0.3, -0.25) is 14.4 Å². The van der Waals surface area contributed by atoms with E-state index in [-0.39, 0.29) is 5.69 Å². The van der Waals surface area contributed by atoms with Crippen molar-refractivity contribution >= 4 is 17.8 Å². The number of carbonyl (C=O) groups is 3. The number of rotatable bonds is 5. The lowest BCUT2D eigenvalue weighted by molar-refractivity contribution is -0.138. The average molecular weight is 276 g/mol. The number of hydrogen-bond donors (Lipinski definition) is 2. The number of nitrogens with zero attached hydrogens (tertiary/aromatic N) is 3. The SMILES string of the molecule is Cc1nc(C(=O)N(CC(N)=O)CC(=O)O)ccc1C#N. The molecular weight excluding hydrogens is 264 g/mol. The first-order valence-electron chi connectivity index (χ1n) is 5.52. The summed E-state index contributed by atoms with van der Waals surface area (Å²) in [4.78, 5) is 38.3. The van der Waals surface area contributed by atoms with E-state index in [9.17, 15) is 14.4 Å². The normalized spacial score (nSPS) is 9.60. The van der Waals surface area contributed by atoms with Crippen LogP contribution in [0.5, 0.6) is 0 Å². The minimum Gasteiger partial charge on any atom is -0.480 e. The summed E-state index contributed by atoms with van der Waals surface area (Å²) in [5, 5.41) is 17.5. The van der Waals surface area contributed by atoms with Gasteiger partial charge in [0.15, 0.2) is 0 Å². The van der Waals surface area contributed by atoms with E-state index in [0.29, 0.717) is 11.3 Å². The number of carboxylic acid groups (broad SMARTS) is 1. The molecule has 0 unspecified atom stereocenters. The standard InChI is InChI=1S/C12H12N4O4/c1-7-8(4-13)2-3-9(15-7)12(20)16(5-10(14)17)6-11(18)19/h2-3H,5-6H2,1H3,(H2,14,17)(H,18,19). The molecule has 0 aliphatic carbocycles. The zero-order valence-corrected chi connectivity index (χ0v) is 10.7.